The molecule has 0 unspecified atom stereocenters. The van der Waals surface area contributed by atoms with Crippen molar-refractivity contribution in [3.8, 4) is 11.5 Å². The first-order valence-electron chi connectivity index (χ1n) is 10.4. The fourth-order valence-electron chi connectivity index (χ4n) is 3.75. The van der Waals surface area contributed by atoms with E-state index in [-0.39, 0.29) is 12.1 Å². The molecular formula is C23H30N4O3S. The molecule has 31 heavy (non-hydrogen) atoms. The SMILES string of the molecule is CCNC(=S)N1CCc2cc(OC)c(OC)cc2[C@H]1CNC(=O)Nc1ccc(C)cc1. The highest BCUT2D eigenvalue weighted by Gasteiger charge is 2.31. The van der Waals surface area contributed by atoms with Crippen molar-refractivity contribution < 1.29 is 14.3 Å². The molecule has 0 saturated heterocycles. The third kappa shape index (κ3) is 5.38. The van der Waals surface area contributed by atoms with Crippen molar-refractivity contribution in [2.24, 2.45) is 0 Å². The molecule has 2 aromatic carbocycles. The van der Waals surface area contributed by atoms with Gasteiger partial charge in [0.25, 0.3) is 0 Å². The third-order valence-corrected chi connectivity index (χ3v) is 5.74. The molecule has 0 radical (unpaired) electrons. The van der Waals surface area contributed by atoms with Gasteiger partial charge in [0.15, 0.2) is 16.6 Å². The predicted octanol–water partition coefficient (Wildman–Crippen LogP) is 3.63. The van der Waals surface area contributed by atoms with Crippen molar-refractivity contribution >= 4 is 29.0 Å². The predicted molar refractivity (Wildman–Crippen MR) is 127 cm³/mol. The highest BCUT2D eigenvalue weighted by molar-refractivity contribution is 7.80. The average molecular weight is 443 g/mol. The molecule has 1 aliphatic rings. The van der Waals surface area contributed by atoms with Crippen LogP contribution in [0, 0.1) is 6.92 Å². The Bertz CT molecular complexity index is 933. The number of fused-ring (bicyclic) bond motifs is 1. The van der Waals surface area contributed by atoms with Crippen molar-refractivity contribution in [2.45, 2.75) is 26.3 Å². The van der Waals surface area contributed by atoms with E-state index in [9.17, 15) is 4.79 Å². The van der Waals surface area contributed by atoms with Crippen LogP contribution in [0.1, 0.15) is 29.7 Å². The number of ether oxygens (including phenoxy) is 2. The normalized spacial score (nSPS) is 15.0. The van der Waals surface area contributed by atoms with Gasteiger partial charge in [-0.1, -0.05) is 17.7 Å². The Morgan fingerprint density at radius 2 is 1.81 bits per heavy atom. The zero-order chi connectivity index (χ0) is 22.4. The molecule has 0 aliphatic carbocycles. The Labute approximate surface area is 189 Å². The number of anilines is 1. The number of nitrogens with zero attached hydrogens (tertiary/aromatic N) is 1. The molecule has 2 amide bonds. The van der Waals surface area contributed by atoms with Crippen molar-refractivity contribution in [1.29, 1.82) is 0 Å². The third-order valence-electron chi connectivity index (χ3n) is 5.36. The molecule has 1 atom stereocenters. The van der Waals surface area contributed by atoms with Crippen LogP contribution in [0.5, 0.6) is 11.5 Å². The van der Waals surface area contributed by atoms with Crippen LogP contribution in [0.2, 0.25) is 0 Å². The van der Waals surface area contributed by atoms with Gasteiger partial charge in [0.1, 0.15) is 0 Å². The number of carbonyl (C=O) groups is 1. The zero-order valence-corrected chi connectivity index (χ0v) is 19.3. The topological polar surface area (TPSA) is 74.9 Å². The van der Waals surface area contributed by atoms with Gasteiger partial charge in [-0.2, -0.15) is 0 Å². The summed E-state index contributed by atoms with van der Waals surface area (Å²) >= 11 is 5.62. The lowest BCUT2D eigenvalue weighted by Gasteiger charge is -2.39. The van der Waals surface area contributed by atoms with Gasteiger partial charge in [-0.05, 0) is 67.9 Å². The first kappa shape index (κ1) is 22.7. The standard InChI is InChI=1S/C23H30N4O3S/c1-5-24-23(31)27-11-10-16-12-20(29-3)21(30-4)13-18(16)19(27)14-25-22(28)26-17-8-6-15(2)7-9-17/h6-9,12-13,19H,5,10-11,14H2,1-4H3,(H,24,31)(H2,25,26,28)/t19-/m1/s1. The van der Waals surface area contributed by atoms with Gasteiger partial charge in [-0.3, -0.25) is 0 Å². The molecule has 0 spiro atoms. The number of rotatable bonds is 6. The number of benzene rings is 2. The Hall–Kier alpha value is -3.00. The Morgan fingerprint density at radius 1 is 1.13 bits per heavy atom. The summed E-state index contributed by atoms with van der Waals surface area (Å²) in [6.07, 6.45) is 0.827. The van der Waals surface area contributed by atoms with E-state index in [1.165, 1.54) is 5.56 Å². The Morgan fingerprint density at radius 3 is 2.45 bits per heavy atom. The lowest BCUT2D eigenvalue weighted by Crippen LogP contribution is -2.49. The quantitative estimate of drug-likeness (QED) is 0.594. The van der Waals surface area contributed by atoms with Crippen LogP contribution in [0.3, 0.4) is 0 Å². The van der Waals surface area contributed by atoms with Crippen LogP contribution >= 0.6 is 12.2 Å². The van der Waals surface area contributed by atoms with Crippen molar-refractivity contribution in [2.75, 3.05) is 39.2 Å². The minimum Gasteiger partial charge on any atom is -0.493 e. The van der Waals surface area contributed by atoms with Gasteiger partial charge >= 0.3 is 6.03 Å². The number of amides is 2. The maximum Gasteiger partial charge on any atom is 0.319 e. The highest BCUT2D eigenvalue weighted by Crippen LogP contribution is 2.38. The van der Waals surface area contributed by atoms with Gasteiger partial charge in [0.2, 0.25) is 0 Å². The summed E-state index contributed by atoms with van der Waals surface area (Å²) in [5, 5.41) is 9.79. The van der Waals surface area contributed by atoms with E-state index < -0.39 is 0 Å². The van der Waals surface area contributed by atoms with E-state index in [2.05, 4.69) is 20.9 Å². The molecule has 1 heterocycles. The molecular weight excluding hydrogens is 412 g/mol. The molecule has 0 saturated carbocycles. The summed E-state index contributed by atoms with van der Waals surface area (Å²) in [6, 6.07) is 11.3. The molecule has 0 aromatic heterocycles. The van der Waals surface area contributed by atoms with Gasteiger partial charge in [-0.25, -0.2) is 4.79 Å². The summed E-state index contributed by atoms with van der Waals surface area (Å²) in [7, 11) is 3.25. The van der Waals surface area contributed by atoms with Gasteiger partial charge in [-0.15, -0.1) is 0 Å². The summed E-state index contributed by atoms with van der Waals surface area (Å²) in [5.74, 6) is 1.36. The van der Waals surface area contributed by atoms with E-state index in [1.54, 1.807) is 14.2 Å². The number of hydrogen-bond donors (Lipinski definition) is 3. The molecule has 0 fully saturated rings. The summed E-state index contributed by atoms with van der Waals surface area (Å²) in [4.78, 5) is 14.7. The largest absolute Gasteiger partial charge is 0.493 e. The van der Waals surface area contributed by atoms with Gasteiger partial charge in [0.05, 0.1) is 20.3 Å². The van der Waals surface area contributed by atoms with E-state index in [0.29, 0.717) is 23.2 Å². The first-order chi connectivity index (χ1) is 15.0. The zero-order valence-electron chi connectivity index (χ0n) is 18.5. The van der Waals surface area contributed by atoms with Crippen LogP contribution in [0.15, 0.2) is 36.4 Å². The number of urea groups is 1. The van der Waals surface area contributed by atoms with Gasteiger partial charge in [0, 0.05) is 25.3 Å². The second-order valence-corrected chi connectivity index (χ2v) is 7.79. The number of nitrogens with one attached hydrogen (secondary N) is 3. The van der Waals surface area contributed by atoms with E-state index in [0.717, 1.165) is 36.3 Å². The molecule has 3 N–H and O–H groups in total. The maximum atomic E-state index is 12.5. The van der Waals surface area contributed by atoms with E-state index in [1.807, 2.05) is 50.2 Å². The molecule has 2 aromatic rings. The molecule has 1 aliphatic heterocycles. The monoisotopic (exact) mass is 442 g/mol. The lowest BCUT2D eigenvalue weighted by molar-refractivity contribution is 0.242. The molecule has 0 bridgehead atoms. The number of carbonyl (C=O) groups excluding carboxylic acids is 1. The molecule has 8 heteroatoms. The van der Waals surface area contributed by atoms with Crippen LogP contribution < -0.4 is 25.4 Å². The van der Waals surface area contributed by atoms with Gasteiger partial charge < -0.3 is 30.3 Å². The Balaban J connectivity index is 1.81. The molecule has 166 valence electrons. The minimum absolute atomic E-state index is 0.126. The lowest BCUT2D eigenvalue weighted by atomic mass is 9.92. The summed E-state index contributed by atoms with van der Waals surface area (Å²) in [5.41, 5.74) is 4.12. The average Bonchev–Trinajstić information content (AvgIpc) is 2.77. The summed E-state index contributed by atoms with van der Waals surface area (Å²) < 4.78 is 11.0. The smallest absolute Gasteiger partial charge is 0.319 e. The maximum absolute atomic E-state index is 12.5. The second-order valence-electron chi connectivity index (χ2n) is 7.40. The summed E-state index contributed by atoms with van der Waals surface area (Å²) in [6.45, 7) is 5.91. The van der Waals surface area contributed by atoms with E-state index in [4.69, 9.17) is 21.7 Å². The van der Waals surface area contributed by atoms with Crippen LogP contribution in [0.25, 0.3) is 0 Å². The van der Waals surface area contributed by atoms with E-state index >= 15 is 0 Å². The number of aryl methyl sites for hydroxylation is 1. The first-order valence-corrected chi connectivity index (χ1v) is 10.8. The number of hydrogen-bond acceptors (Lipinski definition) is 4. The van der Waals surface area contributed by atoms with Crippen molar-refractivity contribution in [3.05, 3.63) is 53.1 Å². The van der Waals surface area contributed by atoms with Crippen LogP contribution in [0.4, 0.5) is 10.5 Å². The Kier molecular flexibility index (Phi) is 7.57. The fourth-order valence-corrected chi connectivity index (χ4v) is 4.11. The molecule has 3 rings (SSSR count). The highest BCUT2D eigenvalue weighted by atomic mass is 32.1. The van der Waals surface area contributed by atoms with Crippen LogP contribution in [-0.2, 0) is 6.42 Å². The fraction of sp³-hybridized carbons (Fsp3) is 0.391. The second kappa shape index (κ2) is 10.3. The van der Waals surface area contributed by atoms with Crippen molar-refractivity contribution in [1.82, 2.24) is 15.5 Å². The number of thiocarbonyl (C=S) groups is 1. The van der Waals surface area contributed by atoms with Crippen LogP contribution in [-0.4, -0.2) is 49.9 Å². The van der Waals surface area contributed by atoms with Crippen molar-refractivity contribution in [3.63, 3.8) is 0 Å². The number of methoxy groups -OCH3 is 2. The minimum atomic E-state index is -0.259. The molecule has 7 nitrogen and oxygen atoms in total.